The first-order valence-corrected chi connectivity index (χ1v) is 8.02. The molecule has 0 atom stereocenters. The van der Waals surface area contributed by atoms with E-state index in [2.05, 4.69) is 0 Å². The van der Waals surface area contributed by atoms with Gasteiger partial charge in [-0.25, -0.2) is 4.79 Å². The Kier molecular flexibility index (Phi) is 6.82. The Morgan fingerprint density at radius 3 is 2.22 bits per heavy atom. The Bertz CT molecular complexity index is 834. The van der Waals surface area contributed by atoms with E-state index < -0.39 is 11.9 Å². The van der Waals surface area contributed by atoms with E-state index in [1.807, 2.05) is 0 Å². The second-order valence-electron chi connectivity index (χ2n) is 5.46. The summed E-state index contributed by atoms with van der Waals surface area (Å²) in [5, 5.41) is 0. The summed E-state index contributed by atoms with van der Waals surface area (Å²) in [6.07, 6.45) is 2.87. The predicted molar refractivity (Wildman–Crippen MR) is 99.9 cm³/mol. The highest BCUT2D eigenvalue weighted by atomic mass is 16.5. The Morgan fingerprint density at radius 2 is 1.67 bits per heavy atom. The van der Waals surface area contributed by atoms with Crippen LogP contribution in [0.5, 0.6) is 17.2 Å². The maximum Gasteiger partial charge on any atom is 0.331 e. The third-order valence-corrected chi connectivity index (χ3v) is 3.69. The number of hydrogen-bond acceptors (Lipinski definition) is 6. The number of hydrogen-bond donors (Lipinski definition) is 1. The molecule has 2 aromatic rings. The highest BCUT2D eigenvalue weighted by Crippen LogP contribution is 2.38. The lowest BCUT2D eigenvalue weighted by molar-refractivity contribution is -0.138. The molecule has 0 fully saturated rings. The van der Waals surface area contributed by atoms with Gasteiger partial charge in [-0.3, -0.25) is 4.79 Å². The number of rotatable bonds is 8. The van der Waals surface area contributed by atoms with Gasteiger partial charge in [0.2, 0.25) is 11.7 Å². The van der Waals surface area contributed by atoms with E-state index in [0.717, 1.165) is 0 Å². The van der Waals surface area contributed by atoms with Gasteiger partial charge in [0.1, 0.15) is 6.61 Å². The van der Waals surface area contributed by atoms with Crippen LogP contribution in [0.4, 0.5) is 0 Å². The first-order chi connectivity index (χ1) is 13.0. The minimum Gasteiger partial charge on any atom is -0.493 e. The van der Waals surface area contributed by atoms with E-state index in [0.29, 0.717) is 33.9 Å². The summed E-state index contributed by atoms with van der Waals surface area (Å²) >= 11 is 0. The number of carbonyl (C=O) groups is 2. The summed E-state index contributed by atoms with van der Waals surface area (Å²) in [7, 11) is 4.54. The van der Waals surface area contributed by atoms with E-state index in [-0.39, 0.29) is 6.61 Å². The Morgan fingerprint density at radius 1 is 1.00 bits per heavy atom. The third-order valence-electron chi connectivity index (χ3n) is 3.69. The van der Waals surface area contributed by atoms with E-state index in [1.165, 1.54) is 27.4 Å². The average molecular weight is 371 g/mol. The van der Waals surface area contributed by atoms with Crippen LogP contribution >= 0.6 is 0 Å². The summed E-state index contributed by atoms with van der Waals surface area (Å²) in [6.45, 7) is 0.0273. The number of amides is 1. The van der Waals surface area contributed by atoms with Crippen molar-refractivity contribution in [2.24, 2.45) is 5.73 Å². The Balaban J connectivity index is 2.06. The van der Waals surface area contributed by atoms with E-state index in [9.17, 15) is 9.59 Å². The maximum absolute atomic E-state index is 12.0. The lowest BCUT2D eigenvalue weighted by Gasteiger charge is -2.12. The quantitative estimate of drug-likeness (QED) is 0.566. The molecule has 2 aromatic carbocycles. The van der Waals surface area contributed by atoms with E-state index in [4.69, 9.17) is 24.7 Å². The molecule has 2 rings (SSSR count). The topological polar surface area (TPSA) is 97.1 Å². The van der Waals surface area contributed by atoms with E-state index in [1.54, 1.807) is 42.5 Å². The normalized spacial score (nSPS) is 10.5. The van der Waals surface area contributed by atoms with Gasteiger partial charge >= 0.3 is 5.97 Å². The molecular weight excluding hydrogens is 350 g/mol. The molecule has 0 saturated heterocycles. The molecule has 0 radical (unpaired) electrons. The van der Waals surface area contributed by atoms with Gasteiger partial charge in [-0.05, 0) is 41.5 Å². The number of nitrogens with two attached hydrogens (primary N) is 1. The molecule has 0 saturated carbocycles. The molecule has 0 aliphatic rings. The van der Waals surface area contributed by atoms with Crippen LogP contribution in [0.25, 0.3) is 6.08 Å². The van der Waals surface area contributed by atoms with Crippen molar-refractivity contribution in [3.63, 3.8) is 0 Å². The SMILES string of the molecule is COc1cc(/C=C/C(=O)OCc2cccc(C(N)=O)c2)cc(OC)c1OC. The Labute approximate surface area is 157 Å². The Hall–Kier alpha value is -3.48. The highest BCUT2D eigenvalue weighted by Gasteiger charge is 2.12. The fraction of sp³-hybridized carbons (Fsp3) is 0.200. The molecule has 0 bridgehead atoms. The summed E-state index contributed by atoms with van der Waals surface area (Å²) in [5.74, 6) is 0.356. The first-order valence-electron chi connectivity index (χ1n) is 8.02. The molecule has 0 spiro atoms. The zero-order chi connectivity index (χ0) is 19.8. The van der Waals surface area contributed by atoms with Crippen molar-refractivity contribution < 1.29 is 28.5 Å². The molecule has 142 valence electrons. The fourth-order valence-electron chi connectivity index (χ4n) is 2.38. The lowest BCUT2D eigenvalue weighted by atomic mass is 10.1. The molecule has 7 nitrogen and oxygen atoms in total. The number of methoxy groups -OCH3 is 3. The third kappa shape index (κ3) is 5.24. The van der Waals surface area contributed by atoms with Gasteiger partial charge in [0.05, 0.1) is 21.3 Å². The van der Waals surface area contributed by atoms with Crippen molar-refractivity contribution in [1.29, 1.82) is 0 Å². The molecule has 27 heavy (non-hydrogen) atoms. The number of carbonyl (C=O) groups excluding carboxylic acids is 2. The van der Waals surface area contributed by atoms with Crippen LogP contribution in [0.1, 0.15) is 21.5 Å². The average Bonchev–Trinajstić information content (AvgIpc) is 2.69. The number of benzene rings is 2. The monoisotopic (exact) mass is 371 g/mol. The zero-order valence-electron chi connectivity index (χ0n) is 15.4. The molecule has 2 N–H and O–H groups in total. The van der Waals surface area contributed by atoms with Gasteiger partial charge in [-0.2, -0.15) is 0 Å². The molecule has 0 aliphatic heterocycles. The van der Waals surface area contributed by atoms with Gasteiger partial charge in [-0.1, -0.05) is 12.1 Å². The van der Waals surface area contributed by atoms with Crippen LogP contribution in [0.2, 0.25) is 0 Å². The van der Waals surface area contributed by atoms with Gasteiger partial charge in [0.25, 0.3) is 0 Å². The number of ether oxygens (including phenoxy) is 4. The van der Waals surface area contributed by atoms with Gasteiger partial charge in [0.15, 0.2) is 11.5 Å². The molecule has 7 heteroatoms. The van der Waals surface area contributed by atoms with E-state index >= 15 is 0 Å². The smallest absolute Gasteiger partial charge is 0.331 e. The van der Waals surface area contributed by atoms with Crippen molar-refractivity contribution in [2.45, 2.75) is 6.61 Å². The van der Waals surface area contributed by atoms with Gasteiger partial charge < -0.3 is 24.7 Å². The minimum absolute atomic E-state index is 0.0273. The summed E-state index contributed by atoms with van der Waals surface area (Å²) in [4.78, 5) is 23.1. The zero-order valence-corrected chi connectivity index (χ0v) is 15.4. The fourth-order valence-corrected chi connectivity index (χ4v) is 2.38. The van der Waals surface area contributed by atoms with Crippen molar-refractivity contribution in [2.75, 3.05) is 21.3 Å². The molecule has 0 aliphatic carbocycles. The molecular formula is C20H21NO6. The number of esters is 1. The van der Waals surface area contributed by atoms with Crippen LogP contribution in [-0.2, 0) is 16.1 Å². The van der Waals surface area contributed by atoms with Crippen LogP contribution in [0.15, 0.2) is 42.5 Å². The molecule has 0 aromatic heterocycles. The summed E-state index contributed by atoms with van der Waals surface area (Å²) in [6, 6.07) is 10.0. The van der Waals surface area contributed by atoms with Gasteiger partial charge in [0, 0.05) is 11.6 Å². The molecule has 1 amide bonds. The van der Waals surface area contributed by atoms with Crippen molar-refractivity contribution in [3.8, 4) is 17.2 Å². The largest absolute Gasteiger partial charge is 0.493 e. The van der Waals surface area contributed by atoms with Crippen molar-refractivity contribution >= 4 is 18.0 Å². The minimum atomic E-state index is -0.537. The van der Waals surface area contributed by atoms with Crippen molar-refractivity contribution in [1.82, 2.24) is 0 Å². The predicted octanol–water partition coefficient (Wildman–Crippen LogP) is 2.57. The molecule has 0 unspecified atom stereocenters. The second kappa shape index (κ2) is 9.28. The lowest BCUT2D eigenvalue weighted by Crippen LogP contribution is -2.11. The summed E-state index contributed by atoms with van der Waals surface area (Å²) in [5.41, 5.74) is 6.93. The highest BCUT2D eigenvalue weighted by molar-refractivity contribution is 5.93. The van der Waals surface area contributed by atoms with Crippen LogP contribution in [-0.4, -0.2) is 33.2 Å². The number of primary amides is 1. The van der Waals surface area contributed by atoms with Crippen LogP contribution in [0, 0.1) is 0 Å². The second-order valence-corrected chi connectivity index (χ2v) is 5.46. The maximum atomic E-state index is 12.0. The van der Waals surface area contributed by atoms with Crippen molar-refractivity contribution in [3.05, 3.63) is 59.2 Å². The summed E-state index contributed by atoms with van der Waals surface area (Å²) < 4.78 is 21.0. The van der Waals surface area contributed by atoms with Crippen LogP contribution < -0.4 is 19.9 Å². The van der Waals surface area contributed by atoms with Crippen LogP contribution in [0.3, 0.4) is 0 Å². The standard InChI is InChI=1S/C20H21NO6/c1-24-16-10-13(11-17(25-2)19(16)26-3)7-8-18(22)27-12-14-5-4-6-15(9-14)20(21)23/h4-11H,12H2,1-3H3,(H2,21,23)/b8-7+. The molecule has 0 heterocycles. The first kappa shape index (κ1) is 19.8. The van der Waals surface area contributed by atoms with Gasteiger partial charge in [-0.15, -0.1) is 0 Å².